The summed E-state index contributed by atoms with van der Waals surface area (Å²) in [7, 11) is 0. The number of hydrogen-bond acceptors (Lipinski definition) is 6. The van der Waals surface area contributed by atoms with Crippen molar-refractivity contribution in [1.82, 2.24) is 4.98 Å². The van der Waals surface area contributed by atoms with E-state index in [0.29, 0.717) is 5.82 Å². The van der Waals surface area contributed by atoms with Crippen molar-refractivity contribution in [2.45, 2.75) is 26.4 Å². The van der Waals surface area contributed by atoms with Gasteiger partial charge in [-0.15, -0.1) is 0 Å². The Kier molecular flexibility index (Phi) is 5.62. The quantitative estimate of drug-likeness (QED) is 0.479. The van der Waals surface area contributed by atoms with Crippen molar-refractivity contribution in [3.8, 4) is 5.75 Å². The van der Waals surface area contributed by atoms with Crippen molar-refractivity contribution in [2.75, 3.05) is 5.43 Å². The first kappa shape index (κ1) is 16.4. The summed E-state index contributed by atoms with van der Waals surface area (Å²) in [6, 6.07) is 10.4. The zero-order valence-corrected chi connectivity index (χ0v) is 13.0. The molecule has 0 amide bonds. The molecule has 0 aliphatic heterocycles. The molecule has 0 bridgehead atoms. The minimum atomic E-state index is -0.497. The normalized spacial score (nSPS) is 12.1. The highest BCUT2D eigenvalue weighted by Crippen LogP contribution is 2.14. The van der Waals surface area contributed by atoms with E-state index < -0.39 is 4.92 Å². The molecule has 120 valence electrons. The third-order valence-electron chi connectivity index (χ3n) is 3.14. The topological polar surface area (TPSA) is 89.6 Å². The largest absolute Gasteiger partial charge is 0.491 e. The van der Waals surface area contributed by atoms with Gasteiger partial charge in [-0.1, -0.05) is 6.92 Å². The highest BCUT2D eigenvalue weighted by molar-refractivity contribution is 5.80. The summed E-state index contributed by atoms with van der Waals surface area (Å²) in [5.74, 6) is 1.25. The van der Waals surface area contributed by atoms with Crippen LogP contribution < -0.4 is 10.2 Å². The number of nitrogens with zero attached hydrogens (tertiary/aromatic N) is 3. The summed E-state index contributed by atoms with van der Waals surface area (Å²) in [6.45, 7) is 4.10. The van der Waals surface area contributed by atoms with Gasteiger partial charge >= 0.3 is 0 Å². The van der Waals surface area contributed by atoms with Gasteiger partial charge < -0.3 is 4.74 Å². The third kappa shape index (κ3) is 5.06. The van der Waals surface area contributed by atoms with E-state index in [9.17, 15) is 10.1 Å². The fourth-order valence-corrected chi connectivity index (χ4v) is 1.68. The zero-order valence-electron chi connectivity index (χ0n) is 13.0. The van der Waals surface area contributed by atoms with Gasteiger partial charge in [0.15, 0.2) is 0 Å². The number of rotatable bonds is 7. The van der Waals surface area contributed by atoms with Crippen molar-refractivity contribution in [3.05, 3.63) is 58.3 Å². The molecule has 0 fully saturated rings. The van der Waals surface area contributed by atoms with Crippen LogP contribution in [0.5, 0.6) is 5.75 Å². The van der Waals surface area contributed by atoms with Crippen LogP contribution in [0.1, 0.15) is 25.8 Å². The van der Waals surface area contributed by atoms with E-state index in [4.69, 9.17) is 4.74 Å². The summed E-state index contributed by atoms with van der Waals surface area (Å²) in [6.07, 6.45) is 3.95. The smallest absolute Gasteiger partial charge is 0.287 e. The van der Waals surface area contributed by atoms with Gasteiger partial charge in [-0.3, -0.25) is 15.5 Å². The molecule has 1 unspecified atom stereocenters. The van der Waals surface area contributed by atoms with Crippen molar-refractivity contribution < 1.29 is 9.66 Å². The van der Waals surface area contributed by atoms with Crippen molar-refractivity contribution in [1.29, 1.82) is 0 Å². The first-order valence-electron chi connectivity index (χ1n) is 7.24. The molecule has 0 radical (unpaired) electrons. The molecule has 1 atom stereocenters. The third-order valence-corrected chi connectivity index (χ3v) is 3.14. The zero-order chi connectivity index (χ0) is 16.7. The van der Waals surface area contributed by atoms with E-state index in [0.717, 1.165) is 17.7 Å². The SMILES string of the molecule is CCC(C)Oc1ccc(C=NNc2ccc([N+](=O)[O-])cn2)cc1. The Bertz CT molecular complexity index is 669. The van der Waals surface area contributed by atoms with E-state index in [1.54, 1.807) is 6.21 Å². The second-order valence-corrected chi connectivity index (χ2v) is 4.93. The van der Waals surface area contributed by atoms with Crippen LogP contribution in [0.2, 0.25) is 0 Å². The molecule has 1 heterocycles. The highest BCUT2D eigenvalue weighted by Gasteiger charge is 2.04. The predicted molar refractivity (Wildman–Crippen MR) is 88.9 cm³/mol. The lowest BCUT2D eigenvalue weighted by Crippen LogP contribution is -2.09. The van der Waals surface area contributed by atoms with E-state index >= 15 is 0 Å². The fraction of sp³-hybridized carbons (Fsp3) is 0.250. The Morgan fingerprint density at radius 2 is 2.09 bits per heavy atom. The van der Waals surface area contributed by atoms with Gasteiger partial charge in [0.1, 0.15) is 17.8 Å². The monoisotopic (exact) mass is 314 g/mol. The number of hydrazone groups is 1. The molecule has 0 spiro atoms. The minimum absolute atomic E-state index is 0.0589. The second kappa shape index (κ2) is 7.88. The lowest BCUT2D eigenvalue weighted by molar-refractivity contribution is -0.385. The molecule has 1 N–H and O–H groups in total. The maximum atomic E-state index is 10.5. The first-order valence-corrected chi connectivity index (χ1v) is 7.24. The number of aromatic nitrogens is 1. The molecule has 2 rings (SSSR count). The fourth-order valence-electron chi connectivity index (χ4n) is 1.68. The summed E-state index contributed by atoms with van der Waals surface area (Å²) < 4.78 is 5.70. The average Bonchev–Trinajstić information content (AvgIpc) is 2.57. The van der Waals surface area contributed by atoms with Crippen molar-refractivity contribution in [3.63, 3.8) is 0 Å². The Morgan fingerprint density at radius 1 is 1.35 bits per heavy atom. The molecule has 2 aromatic rings. The molecule has 0 aliphatic rings. The van der Waals surface area contributed by atoms with Crippen LogP contribution in [-0.2, 0) is 0 Å². The second-order valence-electron chi connectivity index (χ2n) is 4.93. The number of hydrogen-bond donors (Lipinski definition) is 1. The van der Waals surface area contributed by atoms with Gasteiger partial charge in [0.05, 0.1) is 17.2 Å². The molecule has 1 aromatic carbocycles. The van der Waals surface area contributed by atoms with Gasteiger partial charge in [-0.25, -0.2) is 4.98 Å². The molecular weight excluding hydrogens is 296 g/mol. The van der Waals surface area contributed by atoms with Gasteiger partial charge in [0.2, 0.25) is 0 Å². The number of nitro groups is 1. The minimum Gasteiger partial charge on any atom is -0.491 e. The van der Waals surface area contributed by atoms with Gasteiger partial charge in [-0.2, -0.15) is 5.10 Å². The summed E-state index contributed by atoms with van der Waals surface area (Å²) >= 11 is 0. The Balaban J connectivity index is 1.91. The van der Waals surface area contributed by atoms with Crippen LogP contribution in [0.3, 0.4) is 0 Å². The molecule has 7 heteroatoms. The van der Waals surface area contributed by atoms with E-state index in [-0.39, 0.29) is 11.8 Å². The van der Waals surface area contributed by atoms with Crippen LogP contribution in [-0.4, -0.2) is 22.2 Å². The molecule has 7 nitrogen and oxygen atoms in total. The molecule has 0 saturated carbocycles. The van der Waals surface area contributed by atoms with Crippen LogP contribution in [0.4, 0.5) is 11.5 Å². The number of benzene rings is 1. The summed E-state index contributed by atoms with van der Waals surface area (Å²) in [4.78, 5) is 13.9. The summed E-state index contributed by atoms with van der Waals surface area (Å²) in [5.41, 5.74) is 3.56. The number of anilines is 1. The van der Waals surface area contributed by atoms with Gasteiger partial charge in [0, 0.05) is 6.07 Å². The Hall–Kier alpha value is -2.96. The first-order chi connectivity index (χ1) is 11.1. The standard InChI is InChI=1S/C16H18N4O3/c1-3-12(2)23-15-7-4-13(5-8-15)10-18-19-16-9-6-14(11-17-16)20(21)22/h4-12H,3H2,1-2H3,(H,17,19). The van der Waals surface area contributed by atoms with E-state index in [2.05, 4.69) is 22.4 Å². The molecule has 1 aromatic heterocycles. The molecule has 23 heavy (non-hydrogen) atoms. The number of ether oxygens (including phenoxy) is 1. The van der Waals surface area contributed by atoms with Crippen LogP contribution in [0.15, 0.2) is 47.7 Å². The van der Waals surface area contributed by atoms with Crippen molar-refractivity contribution >= 4 is 17.7 Å². The van der Waals surface area contributed by atoms with Gasteiger partial charge in [0.25, 0.3) is 5.69 Å². The van der Waals surface area contributed by atoms with E-state index in [1.807, 2.05) is 31.2 Å². The van der Waals surface area contributed by atoms with Crippen LogP contribution >= 0.6 is 0 Å². The highest BCUT2D eigenvalue weighted by atomic mass is 16.6. The average molecular weight is 314 g/mol. The maximum absolute atomic E-state index is 10.5. The lowest BCUT2D eigenvalue weighted by atomic mass is 10.2. The van der Waals surface area contributed by atoms with Crippen LogP contribution in [0, 0.1) is 10.1 Å². The number of nitrogens with one attached hydrogen (secondary N) is 1. The molecular formula is C16H18N4O3. The molecule has 0 aliphatic carbocycles. The lowest BCUT2D eigenvalue weighted by Gasteiger charge is -2.12. The van der Waals surface area contributed by atoms with E-state index in [1.165, 1.54) is 18.3 Å². The Labute approximate surface area is 134 Å². The Morgan fingerprint density at radius 3 is 2.65 bits per heavy atom. The summed E-state index contributed by atoms with van der Waals surface area (Å²) in [5, 5.41) is 14.6. The van der Waals surface area contributed by atoms with Crippen molar-refractivity contribution in [2.24, 2.45) is 5.10 Å². The molecule has 0 saturated heterocycles. The maximum Gasteiger partial charge on any atom is 0.287 e. The van der Waals surface area contributed by atoms with Gasteiger partial charge in [-0.05, 0) is 49.2 Å². The number of pyridine rings is 1. The van der Waals surface area contributed by atoms with Crippen LogP contribution in [0.25, 0.3) is 0 Å². The predicted octanol–water partition coefficient (Wildman–Crippen LogP) is 3.61.